The van der Waals surface area contributed by atoms with Crippen molar-refractivity contribution in [2.45, 2.75) is 39.7 Å². The van der Waals surface area contributed by atoms with Crippen molar-refractivity contribution in [1.29, 1.82) is 0 Å². The summed E-state index contributed by atoms with van der Waals surface area (Å²) in [4.78, 5) is 0. The predicted molar refractivity (Wildman–Crippen MR) is 60.6 cm³/mol. The summed E-state index contributed by atoms with van der Waals surface area (Å²) in [5.74, 6) is 1.87. The molecule has 1 fully saturated rings. The summed E-state index contributed by atoms with van der Waals surface area (Å²) in [5.41, 5.74) is 0. The summed E-state index contributed by atoms with van der Waals surface area (Å²) < 4.78 is 5.72. The fourth-order valence-corrected chi connectivity index (χ4v) is 1.62. The monoisotopic (exact) mass is 192 g/mol. The van der Waals surface area contributed by atoms with Crippen LogP contribution in [0, 0.1) is 5.92 Å². The first-order chi connectivity index (χ1) is 6.84. The molecule has 14 heavy (non-hydrogen) atoms. The van der Waals surface area contributed by atoms with Gasteiger partial charge in [-0.05, 0) is 30.9 Å². The number of benzene rings is 1. The molecule has 0 aromatic heterocycles. The van der Waals surface area contributed by atoms with Crippen LogP contribution in [0.1, 0.15) is 33.6 Å². The van der Waals surface area contributed by atoms with Crippen LogP contribution in [-0.4, -0.2) is 6.10 Å². The molecule has 0 N–H and O–H groups in total. The Bertz CT molecular complexity index is 237. The van der Waals surface area contributed by atoms with Gasteiger partial charge in [0.2, 0.25) is 0 Å². The second-order valence-electron chi connectivity index (χ2n) is 3.63. The van der Waals surface area contributed by atoms with Gasteiger partial charge < -0.3 is 4.74 Å². The topological polar surface area (TPSA) is 9.23 Å². The molecule has 1 heteroatoms. The maximum Gasteiger partial charge on any atom is 0.119 e. The van der Waals surface area contributed by atoms with Gasteiger partial charge in [0, 0.05) is 0 Å². The van der Waals surface area contributed by atoms with Crippen LogP contribution < -0.4 is 4.74 Å². The summed E-state index contributed by atoms with van der Waals surface area (Å²) in [6.45, 7) is 6.27. The summed E-state index contributed by atoms with van der Waals surface area (Å²) in [5, 5.41) is 0. The van der Waals surface area contributed by atoms with E-state index >= 15 is 0 Å². The lowest BCUT2D eigenvalue weighted by molar-refractivity contribution is 0.0739. The number of ether oxygens (including phenoxy) is 1. The predicted octanol–water partition coefficient (Wildman–Crippen LogP) is 3.89. The maximum absolute atomic E-state index is 5.72. The van der Waals surface area contributed by atoms with Crippen LogP contribution in [0.25, 0.3) is 0 Å². The molecule has 1 aromatic carbocycles. The van der Waals surface area contributed by atoms with Gasteiger partial charge in [0.1, 0.15) is 5.75 Å². The third-order valence-electron chi connectivity index (χ3n) is 2.38. The molecule has 0 saturated heterocycles. The zero-order chi connectivity index (χ0) is 10.4. The van der Waals surface area contributed by atoms with Crippen molar-refractivity contribution in [1.82, 2.24) is 0 Å². The summed E-state index contributed by atoms with van der Waals surface area (Å²) in [7, 11) is 0. The molecule has 1 aliphatic rings. The van der Waals surface area contributed by atoms with E-state index in [4.69, 9.17) is 4.74 Å². The highest BCUT2D eigenvalue weighted by molar-refractivity contribution is 5.21. The van der Waals surface area contributed by atoms with E-state index in [2.05, 4.69) is 6.92 Å². The Morgan fingerprint density at radius 2 is 1.64 bits per heavy atom. The largest absolute Gasteiger partial charge is 0.490 e. The molecule has 1 nitrogen and oxygen atoms in total. The van der Waals surface area contributed by atoms with E-state index in [1.807, 2.05) is 44.2 Å². The first kappa shape index (κ1) is 11.1. The third-order valence-corrected chi connectivity index (χ3v) is 2.38. The number of hydrogen-bond donors (Lipinski definition) is 0. The van der Waals surface area contributed by atoms with Crippen LogP contribution in [0.4, 0.5) is 0 Å². The van der Waals surface area contributed by atoms with E-state index in [1.165, 1.54) is 12.8 Å². The summed E-state index contributed by atoms with van der Waals surface area (Å²) in [6, 6.07) is 10.1. The smallest absolute Gasteiger partial charge is 0.119 e. The molecule has 1 aromatic rings. The number of rotatable bonds is 2. The molecule has 1 saturated carbocycles. The highest BCUT2D eigenvalue weighted by Crippen LogP contribution is 2.30. The van der Waals surface area contributed by atoms with Gasteiger partial charge in [0.15, 0.2) is 0 Å². The fraction of sp³-hybridized carbons (Fsp3) is 0.538. The van der Waals surface area contributed by atoms with Gasteiger partial charge >= 0.3 is 0 Å². The van der Waals surface area contributed by atoms with Gasteiger partial charge in [-0.3, -0.25) is 0 Å². The minimum atomic E-state index is 0.474. The molecule has 0 radical (unpaired) electrons. The molecule has 0 aliphatic heterocycles. The minimum Gasteiger partial charge on any atom is -0.490 e. The van der Waals surface area contributed by atoms with E-state index in [1.54, 1.807) is 0 Å². The van der Waals surface area contributed by atoms with Crippen molar-refractivity contribution in [2.75, 3.05) is 0 Å². The van der Waals surface area contributed by atoms with Crippen molar-refractivity contribution < 1.29 is 4.74 Å². The van der Waals surface area contributed by atoms with Crippen LogP contribution in [0.5, 0.6) is 5.75 Å². The first-order valence-corrected chi connectivity index (χ1v) is 5.56. The van der Waals surface area contributed by atoms with Crippen LogP contribution in [0.3, 0.4) is 0 Å². The Balaban J connectivity index is 0.000000461. The SMILES string of the molecule is CC.CC1CC(Oc2ccccc2)C1. The molecule has 78 valence electrons. The average molecular weight is 192 g/mol. The average Bonchev–Trinajstić information content (AvgIpc) is 2.20. The molecule has 0 atom stereocenters. The van der Waals surface area contributed by atoms with Crippen molar-refractivity contribution >= 4 is 0 Å². The van der Waals surface area contributed by atoms with Gasteiger partial charge in [0.25, 0.3) is 0 Å². The molecule has 0 spiro atoms. The van der Waals surface area contributed by atoms with Crippen LogP contribution in [-0.2, 0) is 0 Å². The fourth-order valence-electron chi connectivity index (χ4n) is 1.62. The quantitative estimate of drug-likeness (QED) is 0.690. The second kappa shape index (κ2) is 5.69. The number of hydrogen-bond acceptors (Lipinski definition) is 1. The molecule has 0 heterocycles. The second-order valence-corrected chi connectivity index (χ2v) is 3.63. The highest BCUT2D eigenvalue weighted by Gasteiger charge is 2.26. The van der Waals surface area contributed by atoms with E-state index < -0.39 is 0 Å². The van der Waals surface area contributed by atoms with Gasteiger partial charge in [-0.15, -0.1) is 0 Å². The van der Waals surface area contributed by atoms with Gasteiger partial charge in [-0.25, -0.2) is 0 Å². The Labute approximate surface area is 87.1 Å². The van der Waals surface area contributed by atoms with E-state index in [0.717, 1.165) is 11.7 Å². The summed E-state index contributed by atoms with van der Waals surface area (Å²) in [6.07, 6.45) is 2.91. The molecular formula is C13H20O. The molecule has 0 unspecified atom stereocenters. The lowest BCUT2D eigenvalue weighted by Crippen LogP contribution is -2.31. The lowest BCUT2D eigenvalue weighted by Gasteiger charge is -2.32. The first-order valence-electron chi connectivity index (χ1n) is 5.56. The minimum absolute atomic E-state index is 0.474. The van der Waals surface area contributed by atoms with Crippen LogP contribution in [0.15, 0.2) is 30.3 Å². The van der Waals surface area contributed by atoms with Crippen molar-refractivity contribution in [3.05, 3.63) is 30.3 Å². The molecule has 1 aliphatic carbocycles. The summed E-state index contributed by atoms with van der Waals surface area (Å²) >= 11 is 0. The maximum atomic E-state index is 5.72. The third kappa shape index (κ3) is 3.06. The highest BCUT2D eigenvalue weighted by atomic mass is 16.5. The van der Waals surface area contributed by atoms with Crippen molar-refractivity contribution in [2.24, 2.45) is 5.92 Å². The molecule has 2 rings (SSSR count). The van der Waals surface area contributed by atoms with Crippen LogP contribution in [0.2, 0.25) is 0 Å². The molecule has 0 bridgehead atoms. The van der Waals surface area contributed by atoms with Crippen LogP contribution >= 0.6 is 0 Å². The van der Waals surface area contributed by atoms with Crippen molar-refractivity contribution in [3.8, 4) is 5.75 Å². The normalized spacial score (nSPS) is 24.2. The van der Waals surface area contributed by atoms with E-state index in [0.29, 0.717) is 6.10 Å². The zero-order valence-corrected chi connectivity index (χ0v) is 9.36. The Hall–Kier alpha value is -0.980. The van der Waals surface area contributed by atoms with Crippen molar-refractivity contribution in [3.63, 3.8) is 0 Å². The number of para-hydroxylation sites is 1. The Morgan fingerprint density at radius 3 is 2.14 bits per heavy atom. The zero-order valence-electron chi connectivity index (χ0n) is 9.36. The van der Waals surface area contributed by atoms with Gasteiger partial charge in [-0.1, -0.05) is 39.0 Å². The van der Waals surface area contributed by atoms with E-state index in [-0.39, 0.29) is 0 Å². The standard InChI is InChI=1S/C11H14O.C2H6/c1-9-7-11(8-9)12-10-5-3-2-4-6-10;1-2/h2-6,9,11H,7-8H2,1H3;1-2H3. The molecular weight excluding hydrogens is 172 g/mol. The molecule has 0 amide bonds. The lowest BCUT2D eigenvalue weighted by atomic mass is 9.84. The van der Waals surface area contributed by atoms with Gasteiger partial charge in [-0.2, -0.15) is 0 Å². The Morgan fingerprint density at radius 1 is 1.07 bits per heavy atom. The Kier molecular flexibility index (Phi) is 4.51. The van der Waals surface area contributed by atoms with Gasteiger partial charge in [0.05, 0.1) is 6.10 Å². The van der Waals surface area contributed by atoms with E-state index in [9.17, 15) is 0 Å².